The minimum absolute atomic E-state index is 1.13. The van der Waals surface area contributed by atoms with Crippen LogP contribution in [-0.2, 0) is 0 Å². The summed E-state index contributed by atoms with van der Waals surface area (Å²) in [5.41, 5.74) is 0. The van der Waals surface area contributed by atoms with E-state index in [0.717, 1.165) is 6.67 Å². The van der Waals surface area contributed by atoms with E-state index in [9.17, 15) is 0 Å². The number of rotatable bonds is 17. The molecule has 0 amide bonds. The molecular formula is C23H46N2. The first-order valence-corrected chi connectivity index (χ1v) is 11.5. The smallest absolute Gasteiger partial charge is 0.0702 e. The normalized spacial score (nSPS) is 15.7. The predicted octanol–water partition coefficient (Wildman–Crippen LogP) is 6.97. The average molecular weight is 351 g/mol. The standard InChI is InChI=1S/C23H46N2/c1-3-5-6-7-8-9-10-11-12-13-14-15-16-17-18-19-20-25-22-21-24(4-2)23-25/h19-20H,3-18,21-23H2,1-2H3. The fraction of sp³-hybridized carbons (Fsp3) is 0.913. The SMILES string of the molecule is CCCCCCCCCCCCCCCCC=CN1CCN(CC)C1. The maximum atomic E-state index is 2.50. The largest absolute Gasteiger partial charge is 0.364 e. The number of nitrogens with zero attached hydrogens (tertiary/aromatic N) is 2. The third-order valence-electron chi connectivity index (χ3n) is 5.57. The van der Waals surface area contributed by atoms with Gasteiger partial charge in [-0.05, 0) is 25.6 Å². The van der Waals surface area contributed by atoms with Crippen molar-refractivity contribution in [2.75, 3.05) is 26.3 Å². The Morgan fingerprint density at radius 3 is 1.64 bits per heavy atom. The van der Waals surface area contributed by atoms with Gasteiger partial charge in [0.25, 0.3) is 0 Å². The maximum absolute atomic E-state index is 2.50. The molecule has 148 valence electrons. The zero-order valence-corrected chi connectivity index (χ0v) is 17.5. The van der Waals surface area contributed by atoms with Crippen molar-refractivity contribution in [1.29, 1.82) is 0 Å². The summed E-state index contributed by atoms with van der Waals surface area (Å²) in [6, 6.07) is 0. The maximum Gasteiger partial charge on any atom is 0.0702 e. The fourth-order valence-corrected chi connectivity index (χ4v) is 3.73. The number of hydrogen-bond acceptors (Lipinski definition) is 2. The van der Waals surface area contributed by atoms with Crippen molar-refractivity contribution in [2.45, 2.75) is 110 Å². The van der Waals surface area contributed by atoms with Gasteiger partial charge in [0.15, 0.2) is 0 Å². The lowest BCUT2D eigenvalue weighted by molar-refractivity contribution is 0.302. The Bertz CT molecular complexity index is 300. The van der Waals surface area contributed by atoms with Crippen molar-refractivity contribution in [3.63, 3.8) is 0 Å². The second-order valence-corrected chi connectivity index (χ2v) is 7.93. The van der Waals surface area contributed by atoms with Gasteiger partial charge < -0.3 is 4.90 Å². The first-order valence-electron chi connectivity index (χ1n) is 11.5. The topological polar surface area (TPSA) is 6.48 Å². The van der Waals surface area contributed by atoms with Crippen LogP contribution in [0.3, 0.4) is 0 Å². The minimum Gasteiger partial charge on any atom is -0.364 e. The van der Waals surface area contributed by atoms with Crippen LogP contribution < -0.4 is 0 Å². The van der Waals surface area contributed by atoms with Crippen molar-refractivity contribution in [2.24, 2.45) is 0 Å². The summed E-state index contributed by atoms with van der Waals surface area (Å²) in [4.78, 5) is 4.95. The van der Waals surface area contributed by atoms with Gasteiger partial charge >= 0.3 is 0 Å². The van der Waals surface area contributed by atoms with Gasteiger partial charge in [0, 0.05) is 13.1 Å². The van der Waals surface area contributed by atoms with E-state index in [-0.39, 0.29) is 0 Å². The Labute approximate surface area is 159 Å². The lowest BCUT2D eigenvalue weighted by atomic mass is 10.0. The van der Waals surface area contributed by atoms with Crippen molar-refractivity contribution >= 4 is 0 Å². The number of likely N-dealkylation sites (N-methyl/N-ethyl adjacent to an activating group) is 1. The van der Waals surface area contributed by atoms with Crippen LogP contribution >= 0.6 is 0 Å². The lowest BCUT2D eigenvalue weighted by Gasteiger charge is -2.13. The van der Waals surface area contributed by atoms with Crippen molar-refractivity contribution in [3.8, 4) is 0 Å². The first-order chi connectivity index (χ1) is 12.4. The molecule has 0 saturated carbocycles. The van der Waals surface area contributed by atoms with E-state index in [1.54, 1.807) is 0 Å². The molecular weight excluding hydrogens is 304 g/mol. The molecule has 0 atom stereocenters. The second-order valence-electron chi connectivity index (χ2n) is 7.93. The van der Waals surface area contributed by atoms with Gasteiger partial charge in [0.1, 0.15) is 0 Å². The van der Waals surface area contributed by atoms with Gasteiger partial charge in [-0.25, -0.2) is 0 Å². The Hall–Kier alpha value is -0.500. The van der Waals surface area contributed by atoms with Crippen LogP contribution in [0, 0.1) is 0 Å². The summed E-state index contributed by atoms with van der Waals surface area (Å²) in [5, 5.41) is 0. The van der Waals surface area contributed by atoms with Gasteiger partial charge in [0.05, 0.1) is 6.67 Å². The van der Waals surface area contributed by atoms with Crippen LogP contribution in [0.5, 0.6) is 0 Å². The van der Waals surface area contributed by atoms with Gasteiger partial charge in [-0.15, -0.1) is 0 Å². The van der Waals surface area contributed by atoms with E-state index in [1.807, 2.05) is 0 Å². The molecule has 0 aliphatic carbocycles. The summed E-state index contributed by atoms with van der Waals surface area (Å²) in [6.07, 6.45) is 26.2. The van der Waals surface area contributed by atoms with Crippen LogP contribution in [0.15, 0.2) is 12.3 Å². The lowest BCUT2D eigenvalue weighted by Crippen LogP contribution is -2.21. The quantitative estimate of drug-likeness (QED) is 0.261. The van der Waals surface area contributed by atoms with Gasteiger partial charge in [-0.2, -0.15) is 0 Å². The van der Waals surface area contributed by atoms with Crippen LogP contribution in [0.2, 0.25) is 0 Å². The third kappa shape index (κ3) is 13.4. The summed E-state index contributed by atoms with van der Waals surface area (Å²) in [7, 11) is 0. The Balaban J connectivity index is 1.73. The molecule has 1 heterocycles. The Kier molecular flexibility index (Phi) is 15.3. The van der Waals surface area contributed by atoms with Crippen LogP contribution in [0.25, 0.3) is 0 Å². The van der Waals surface area contributed by atoms with Gasteiger partial charge in [0.2, 0.25) is 0 Å². The van der Waals surface area contributed by atoms with Crippen LogP contribution in [0.1, 0.15) is 110 Å². The summed E-state index contributed by atoms with van der Waals surface area (Å²) < 4.78 is 0. The molecule has 0 aromatic heterocycles. The molecule has 0 unspecified atom stereocenters. The van der Waals surface area contributed by atoms with E-state index >= 15 is 0 Å². The summed E-state index contributed by atoms with van der Waals surface area (Å²) in [5.74, 6) is 0. The van der Waals surface area contributed by atoms with E-state index in [4.69, 9.17) is 0 Å². The molecule has 0 radical (unpaired) electrons. The molecule has 0 bridgehead atoms. The van der Waals surface area contributed by atoms with E-state index in [1.165, 1.54) is 116 Å². The Morgan fingerprint density at radius 1 is 0.640 bits per heavy atom. The third-order valence-corrected chi connectivity index (χ3v) is 5.57. The average Bonchev–Trinajstić information content (AvgIpc) is 3.09. The Morgan fingerprint density at radius 2 is 1.16 bits per heavy atom. The molecule has 1 fully saturated rings. The molecule has 1 rings (SSSR count). The second kappa shape index (κ2) is 16.9. The summed E-state index contributed by atoms with van der Waals surface area (Å²) in [6.45, 7) is 9.31. The van der Waals surface area contributed by atoms with Crippen molar-refractivity contribution in [3.05, 3.63) is 12.3 Å². The zero-order chi connectivity index (χ0) is 18.0. The van der Waals surface area contributed by atoms with Crippen molar-refractivity contribution < 1.29 is 0 Å². The molecule has 2 heteroatoms. The molecule has 0 aromatic rings. The summed E-state index contributed by atoms with van der Waals surface area (Å²) >= 11 is 0. The van der Waals surface area contributed by atoms with E-state index in [0.29, 0.717) is 0 Å². The molecule has 1 saturated heterocycles. The van der Waals surface area contributed by atoms with Gasteiger partial charge in [-0.1, -0.05) is 103 Å². The molecule has 25 heavy (non-hydrogen) atoms. The highest BCUT2D eigenvalue weighted by Gasteiger charge is 2.14. The van der Waals surface area contributed by atoms with E-state index < -0.39 is 0 Å². The minimum atomic E-state index is 1.13. The molecule has 0 aromatic carbocycles. The van der Waals surface area contributed by atoms with Crippen molar-refractivity contribution in [1.82, 2.24) is 9.80 Å². The molecule has 1 aliphatic rings. The molecule has 0 spiro atoms. The number of allylic oxidation sites excluding steroid dienone is 1. The van der Waals surface area contributed by atoms with Gasteiger partial charge in [-0.3, -0.25) is 4.90 Å². The van der Waals surface area contributed by atoms with Crippen LogP contribution in [-0.4, -0.2) is 36.1 Å². The molecule has 1 aliphatic heterocycles. The predicted molar refractivity (Wildman–Crippen MR) is 113 cm³/mol. The van der Waals surface area contributed by atoms with Crippen LogP contribution in [0.4, 0.5) is 0 Å². The first kappa shape index (κ1) is 22.5. The van der Waals surface area contributed by atoms with E-state index in [2.05, 4.69) is 35.9 Å². The highest BCUT2D eigenvalue weighted by molar-refractivity contribution is 4.85. The highest BCUT2D eigenvalue weighted by atomic mass is 15.4. The zero-order valence-electron chi connectivity index (χ0n) is 17.5. The molecule has 2 nitrogen and oxygen atoms in total. The molecule has 0 N–H and O–H groups in total. The fourth-order valence-electron chi connectivity index (χ4n) is 3.73. The number of hydrogen-bond donors (Lipinski definition) is 0. The monoisotopic (exact) mass is 350 g/mol. The highest BCUT2D eigenvalue weighted by Crippen LogP contribution is 2.13. The number of unbranched alkanes of at least 4 members (excludes halogenated alkanes) is 14.